The molecule has 0 radical (unpaired) electrons. The first-order valence-electron chi connectivity index (χ1n) is 5.67. The zero-order chi connectivity index (χ0) is 13.5. The van der Waals surface area contributed by atoms with Crippen molar-refractivity contribution in [2.75, 3.05) is 14.2 Å². The Labute approximate surface area is 107 Å². The molecular weight excluding hydrogens is 232 g/mol. The predicted molar refractivity (Wildman–Crippen MR) is 69.8 cm³/mol. The molecule has 0 aromatic heterocycles. The molecule has 0 unspecified atom stereocenters. The summed E-state index contributed by atoms with van der Waals surface area (Å²) in [7, 11) is 2.89. The Morgan fingerprint density at radius 1 is 1.28 bits per heavy atom. The van der Waals surface area contributed by atoms with E-state index in [9.17, 15) is 4.79 Å². The lowest BCUT2D eigenvalue weighted by Crippen LogP contribution is -2.25. The van der Waals surface area contributed by atoms with E-state index in [0.29, 0.717) is 11.5 Å². The Morgan fingerprint density at radius 2 is 2.00 bits per heavy atom. The van der Waals surface area contributed by atoms with Crippen molar-refractivity contribution in [2.24, 2.45) is 0 Å². The molecule has 0 amide bonds. The van der Waals surface area contributed by atoms with E-state index < -0.39 is 12.1 Å². The van der Waals surface area contributed by atoms with Crippen LogP contribution in [0.15, 0.2) is 24.3 Å². The van der Waals surface area contributed by atoms with Crippen LogP contribution in [0.4, 0.5) is 0 Å². The van der Waals surface area contributed by atoms with Crippen LogP contribution in [0.3, 0.4) is 0 Å². The van der Waals surface area contributed by atoms with Crippen molar-refractivity contribution in [1.82, 2.24) is 0 Å². The van der Waals surface area contributed by atoms with Gasteiger partial charge in [0.2, 0.25) is 0 Å². The molecule has 1 atom stereocenters. The predicted octanol–water partition coefficient (Wildman–Crippen LogP) is 2.67. The molecule has 1 rings (SSSR count). The van der Waals surface area contributed by atoms with Crippen molar-refractivity contribution in [3.05, 3.63) is 29.8 Å². The summed E-state index contributed by atoms with van der Waals surface area (Å²) in [6, 6.07) is 5.51. The van der Waals surface area contributed by atoms with Crippen LogP contribution in [-0.4, -0.2) is 26.3 Å². The summed E-state index contributed by atoms with van der Waals surface area (Å²) in [4.78, 5) is 11.3. The summed E-state index contributed by atoms with van der Waals surface area (Å²) in [5, 5.41) is 0. The van der Waals surface area contributed by atoms with Crippen LogP contribution in [0, 0.1) is 0 Å². The maximum Gasteiger partial charge on any atom is 0.346 e. The number of carbonyl (C=O) groups excluding carboxylic acids is 1. The summed E-state index contributed by atoms with van der Waals surface area (Å²) in [5.74, 6) is 0.680. The van der Waals surface area contributed by atoms with Crippen molar-refractivity contribution in [3.8, 4) is 11.5 Å². The highest BCUT2D eigenvalue weighted by molar-refractivity contribution is 5.74. The van der Waals surface area contributed by atoms with Crippen LogP contribution in [0.5, 0.6) is 11.5 Å². The fraction of sp³-hybridized carbons (Fsp3) is 0.357. The summed E-state index contributed by atoms with van der Waals surface area (Å²) >= 11 is 0. The van der Waals surface area contributed by atoms with E-state index in [2.05, 4.69) is 4.74 Å². The molecule has 0 spiro atoms. The number of benzene rings is 1. The third kappa shape index (κ3) is 3.52. The molecular formula is C14H18O4. The van der Waals surface area contributed by atoms with Gasteiger partial charge in [-0.1, -0.05) is 18.2 Å². The molecule has 0 aliphatic rings. The molecule has 4 nitrogen and oxygen atoms in total. The lowest BCUT2D eigenvalue weighted by Gasteiger charge is -2.15. The maximum atomic E-state index is 11.3. The van der Waals surface area contributed by atoms with Gasteiger partial charge in [-0.2, -0.15) is 0 Å². The van der Waals surface area contributed by atoms with Crippen LogP contribution in [-0.2, 0) is 9.53 Å². The minimum absolute atomic E-state index is 0.422. The average Bonchev–Trinajstić information content (AvgIpc) is 2.39. The number of rotatable bonds is 5. The molecule has 0 bridgehead atoms. The van der Waals surface area contributed by atoms with E-state index in [1.54, 1.807) is 20.1 Å². The van der Waals surface area contributed by atoms with Gasteiger partial charge >= 0.3 is 5.97 Å². The topological polar surface area (TPSA) is 44.8 Å². The molecule has 1 aromatic rings. The maximum absolute atomic E-state index is 11.3. The molecule has 0 aliphatic carbocycles. The number of carbonyl (C=O) groups is 1. The largest absolute Gasteiger partial charge is 0.493 e. The first kappa shape index (κ1) is 14.1. The summed E-state index contributed by atoms with van der Waals surface area (Å²) < 4.78 is 15.3. The zero-order valence-electron chi connectivity index (χ0n) is 11.1. The van der Waals surface area contributed by atoms with E-state index in [1.807, 2.05) is 31.2 Å². The normalized spacial score (nSPS) is 12.2. The lowest BCUT2D eigenvalue weighted by atomic mass is 10.2. The number of allylic oxidation sites excluding steroid dienone is 1. The zero-order valence-corrected chi connectivity index (χ0v) is 11.1. The highest BCUT2D eigenvalue weighted by atomic mass is 16.6. The van der Waals surface area contributed by atoms with Crippen molar-refractivity contribution in [2.45, 2.75) is 20.0 Å². The van der Waals surface area contributed by atoms with Crippen LogP contribution in [0.25, 0.3) is 6.08 Å². The molecule has 0 N–H and O–H groups in total. The highest BCUT2D eigenvalue weighted by Gasteiger charge is 2.17. The van der Waals surface area contributed by atoms with Gasteiger partial charge in [0.25, 0.3) is 0 Å². The Bertz CT molecular complexity index is 437. The molecule has 0 saturated heterocycles. The second-order valence-electron chi connectivity index (χ2n) is 3.69. The van der Waals surface area contributed by atoms with Crippen LogP contribution in [0.1, 0.15) is 19.4 Å². The van der Waals surface area contributed by atoms with Crippen LogP contribution in [0.2, 0.25) is 0 Å². The van der Waals surface area contributed by atoms with Gasteiger partial charge in [-0.25, -0.2) is 4.79 Å². The van der Waals surface area contributed by atoms with E-state index in [-0.39, 0.29) is 0 Å². The Morgan fingerprint density at radius 3 is 2.56 bits per heavy atom. The smallest absolute Gasteiger partial charge is 0.346 e. The molecule has 1 aromatic carbocycles. The lowest BCUT2D eigenvalue weighted by molar-refractivity contribution is -0.147. The van der Waals surface area contributed by atoms with Crippen molar-refractivity contribution in [3.63, 3.8) is 0 Å². The third-order valence-electron chi connectivity index (χ3n) is 2.38. The Balaban J connectivity index is 2.92. The summed E-state index contributed by atoms with van der Waals surface area (Å²) in [6.07, 6.45) is 3.22. The molecule has 18 heavy (non-hydrogen) atoms. The minimum atomic E-state index is -0.670. The third-order valence-corrected chi connectivity index (χ3v) is 2.38. The van der Waals surface area contributed by atoms with Crippen molar-refractivity contribution >= 4 is 12.0 Å². The van der Waals surface area contributed by atoms with Crippen molar-refractivity contribution in [1.29, 1.82) is 0 Å². The Hall–Kier alpha value is -1.97. The Kier molecular flexibility index (Phi) is 5.24. The summed E-state index contributed by atoms with van der Waals surface area (Å²) in [5.41, 5.74) is 1.01. The van der Waals surface area contributed by atoms with Crippen LogP contribution >= 0.6 is 0 Å². The standard InChI is InChI=1S/C14H18O4/c1-5-6-11-7-8-12(13(9-11)16-3)18-10(2)14(15)17-4/h5-10H,1-4H3/b6-5+/t10-/m0/s1. The first-order chi connectivity index (χ1) is 8.62. The molecule has 0 heterocycles. The monoisotopic (exact) mass is 250 g/mol. The fourth-order valence-corrected chi connectivity index (χ4v) is 1.48. The number of methoxy groups -OCH3 is 2. The van der Waals surface area contributed by atoms with E-state index in [1.165, 1.54) is 7.11 Å². The van der Waals surface area contributed by atoms with E-state index in [0.717, 1.165) is 5.56 Å². The molecule has 0 fully saturated rings. The molecule has 0 saturated carbocycles. The SMILES string of the molecule is C/C=C/c1ccc(O[C@@H](C)C(=O)OC)c(OC)c1. The van der Waals surface area contributed by atoms with Gasteiger partial charge in [0, 0.05) is 0 Å². The van der Waals surface area contributed by atoms with Gasteiger partial charge in [0.1, 0.15) is 0 Å². The number of hydrogen-bond acceptors (Lipinski definition) is 4. The van der Waals surface area contributed by atoms with Gasteiger partial charge in [0.15, 0.2) is 17.6 Å². The average molecular weight is 250 g/mol. The highest BCUT2D eigenvalue weighted by Crippen LogP contribution is 2.29. The number of esters is 1. The molecule has 0 aliphatic heterocycles. The minimum Gasteiger partial charge on any atom is -0.493 e. The van der Waals surface area contributed by atoms with Crippen molar-refractivity contribution < 1.29 is 19.0 Å². The molecule has 4 heteroatoms. The number of hydrogen-bond donors (Lipinski definition) is 0. The first-order valence-corrected chi connectivity index (χ1v) is 5.67. The van der Waals surface area contributed by atoms with Crippen LogP contribution < -0.4 is 9.47 Å². The fourth-order valence-electron chi connectivity index (χ4n) is 1.48. The summed E-state index contributed by atoms with van der Waals surface area (Å²) in [6.45, 7) is 3.57. The second kappa shape index (κ2) is 6.69. The van der Waals surface area contributed by atoms with Gasteiger partial charge in [-0.3, -0.25) is 0 Å². The van der Waals surface area contributed by atoms with Gasteiger partial charge in [-0.15, -0.1) is 0 Å². The molecule has 98 valence electrons. The van der Waals surface area contributed by atoms with Gasteiger partial charge in [-0.05, 0) is 31.5 Å². The van der Waals surface area contributed by atoms with Gasteiger partial charge in [0.05, 0.1) is 14.2 Å². The number of ether oxygens (including phenoxy) is 3. The van der Waals surface area contributed by atoms with E-state index in [4.69, 9.17) is 9.47 Å². The second-order valence-corrected chi connectivity index (χ2v) is 3.69. The van der Waals surface area contributed by atoms with Gasteiger partial charge < -0.3 is 14.2 Å². The quantitative estimate of drug-likeness (QED) is 0.754. The van der Waals surface area contributed by atoms with E-state index >= 15 is 0 Å².